The minimum Gasteiger partial charge on any atom is -0.339 e. The summed E-state index contributed by atoms with van der Waals surface area (Å²) in [7, 11) is 0. The fraction of sp³-hybridized carbons (Fsp3) is 0.214. The Morgan fingerprint density at radius 2 is 2.15 bits per heavy atom. The minimum atomic E-state index is 0.108. The molecule has 0 aliphatic carbocycles. The molecule has 6 nitrogen and oxygen atoms in total. The molecule has 1 aromatic carbocycles. The standard InChI is InChI=1S/C14H13N5O/c20-11-6-3-7-19(11)18-14-12-9-4-1-2-5-10(9)17-13(12)15-8-16-14/h1-2,4-5,8H,3,6-7H2,(H2,15,16,17,18). The lowest BCUT2D eigenvalue weighted by atomic mass is 10.2. The lowest BCUT2D eigenvalue weighted by molar-refractivity contribution is -0.126. The molecule has 1 fully saturated rings. The van der Waals surface area contributed by atoms with E-state index in [2.05, 4.69) is 20.4 Å². The average molecular weight is 267 g/mol. The number of benzene rings is 1. The molecule has 1 aliphatic heterocycles. The Hall–Kier alpha value is -2.63. The third-order valence-electron chi connectivity index (χ3n) is 3.61. The molecule has 0 bridgehead atoms. The van der Waals surface area contributed by atoms with Gasteiger partial charge in [-0.05, 0) is 12.5 Å². The maximum Gasteiger partial charge on any atom is 0.241 e. The molecule has 0 unspecified atom stereocenters. The molecule has 4 rings (SSSR count). The highest BCUT2D eigenvalue weighted by Crippen LogP contribution is 2.29. The highest BCUT2D eigenvalue weighted by atomic mass is 16.2. The van der Waals surface area contributed by atoms with Gasteiger partial charge in [0.15, 0.2) is 5.82 Å². The number of carbonyl (C=O) groups excluding carboxylic acids is 1. The second kappa shape index (κ2) is 4.19. The van der Waals surface area contributed by atoms with Crippen molar-refractivity contribution in [1.29, 1.82) is 0 Å². The van der Waals surface area contributed by atoms with E-state index in [9.17, 15) is 4.79 Å². The van der Waals surface area contributed by atoms with Crippen molar-refractivity contribution in [2.24, 2.45) is 0 Å². The number of para-hydroxylation sites is 1. The van der Waals surface area contributed by atoms with E-state index in [0.29, 0.717) is 18.8 Å². The molecule has 20 heavy (non-hydrogen) atoms. The van der Waals surface area contributed by atoms with Crippen molar-refractivity contribution < 1.29 is 4.79 Å². The van der Waals surface area contributed by atoms with Crippen molar-refractivity contribution >= 4 is 33.7 Å². The molecule has 6 heteroatoms. The number of fused-ring (bicyclic) bond motifs is 3. The summed E-state index contributed by atoms with van der Waals surface area (Å²) >= 11 is 0. The van der Waals surface area contributed by atoms with Crippen LogP contribution in [-0.2, 0) is 4.79 Å². The van der Waals surface area contributed by atoms with Gasteiger partial charge in [-0.25, -0.2) is 9.97 Å². The van der Waals surface area contributed by atoms with Crippen molar-refractivity contribution in [3.8, 4) is 0 Å². The summed E-state index contributed by atoms with van der Waals surface area (Å²) in [4.78, 5) is 23.5. The number of nitrogens with zero attached hydrogens (tertiary/aromatic N) is 3. The summed E-state index contributed by atoms with van der Waals surface area (Å²) in [6.45, 7) is 0.715. The Labute approximate surface area is 114 Å². The van der Waals surface area contributed by atoms with E-state index in [4.69, 9.17) is 0 Å². The first-order chi connectivity index (χ1) is 9.83. The molecule has 0 radical (unpaired) electrons. The molecule has 3 aromatic rings. The van der Waals surface area contributed by atoms with Gasteiger partial charge in [-0.15, -0.1) is 0 Å². The number of aromatic amines is 1. The second-order valence-corrected chi connectivity index (χ2v) is 4.88. The molecule has 100 valence electrons. The van der Waals surface area contributed by atoms with Gasteiger partial charge in [-0.1, -0.05) is 18.2 Å². The first kappa shape index (κ1) is 11.2. The van der Waals surface area contributed by atoms with E-state index in [1.54, 1.807) is 5.01 Å². The lowest BCUT2D eigenvalue weighted by Gasteiger charge is -2.17. The van der Waals surface area contributed by atoms with Gasteiger partial charge in [0.05, 0.1) is 5.39 Å². The zero-order valence-corrected chi connectivity index (χ0v) is 10.8. The Bertz CT molecular complexity index is 810. The topological polar surface area (TPSA) is 73.9 Å². The molecule has 2 aromatic heterocycles. The van der Waals surface area contributed by atoms with Crippen molar-refractivity contribution in [3.05, 3.63) is 30.6 Å². The van der Waals surface area contributed by atoms with Crippen LogP contribution in [0.2, 0.25) is 0 Å². The van der Waals surface area contributed by atoms with Crippen LogP contribution in [0.5, 0.6) is 0 Å². The fourth-order valence-electron chi connectivity index (χ4n) is 2.65. The van der Waals surface area contributed by atoms with E-state index in [-0.39, 0.29) is 5.91 Å². The van der Waals surface area contributed by atoms with E-state index in [1.807, 2.05) is 24.3 Å². The van der Waals surface area contributed by atoms with Gasteiger partial charge in [0.1, 0.15) is 12.0 Å². The number of carbonyl (C=O) groups is 1. The van der Waals surface area contributed by atoms with Crippen LogP contribution in [0, 0.1) is 0 Å². The molecule has 1 amide bonds. The first-order valence-corrected chi connectivity index (χ1v) is 6.61. The molecular weight excluding hydrogens is 254 g/mol. The van der Waals surface area contributed by atoms with Gasteiger partial charge in [-0.3, -0.25) is 15.2 Å². The van der Waals surface area contributed by atoms with Crippen molar-refractivity contribution in [2.45, 2.75) is 12.8 Å². The molecule has 2 N–H and O–H groups in total. The van der Waals surface area contributed by atoms with Crippen LogP contribution < -0.4 is 5.43 Å². The number of nitrogens with one attached hydrogen (secondary N) is 2. The summed E-state index contributed by atoms with van der Waals surface area (Å²) in [6.07, 6.45) is 2.98. The highest BCUT2D eigenvalue weighted by Gasteiger charge is 2.22. The van der Waals surface area contributed by atoms with Gasteiger partial charge < -0.3 is 4.98 Å². The van der Waals surface area contributed by atoms with Crippen LogP contribution >= 0.6 is 0 Å². The van der Waals surface area contributed by atoms with Crippen molar-refractivity contribution in [1.82, 2.24) is 20.0 Å². The van der Waals surface area contributed by atoms with Crippen LogP contribution in [0.1, 0.15) is 12.8 Å². The number of anilines is 1. The predicted octanol–water partition coefficient (Wildman–Crippen LogP) is 2.06. The Morgan fingerprint density at radius 1 is 1.25 bits per heavy atom. The quantitative estimate of drug-likeness (QED) is 0.745. The number of hydrogen-bond acceptors (Lipinski definition) is 4. The third kappa shape index (κ3) is 1.61. The summed E-state index contributed by atoms with van der Waals surface area (Å²) in [6, 6.07) is 7.98. The van der Waals surface area contributed by atoms with Gasteiger partial charge >= 0.3 is 0 Å². The van der Waals surface area contributed by atoms with Gasteiger partial charge in [0.25, 0.3) is 0 Å². The SMILES string of the molecule is O=C1CCCN1Nc1ncnc2[nH]c3ccccc3c12. The number of hydrogen-bond donors (Lipinski definition) is 2. The largest absolute Gasteiger partial charge is 0.339 e. The molecule has 1 saturated heterocycles. The molecule has 3 heterocycles. The van der Waals surface area contributed by atoms with Crippen LogP contribution in [0.15, 0.2) is 30.6 Å². The summed E-state index contributed by atoms with van der Waals surface area (Å²) in [5, 5.41) is 3.60. The van der Waals surface area contributed by atoms with Gasteiger partial charge in [-0.2, -0.15) is 0 Å². The molecule has 0 spiro atoms. The number of amides is 1. The van der Waals surface area contributed by atoms with E-state index < -0.39 is 0 Å². The van der Waals surface area contributed by atoms with Crippen molar-refractivity contribution in [2.75, 3.05) is 12.0 Å². The lowest BCUT2D eigenvalue weighted by Crippen LogP contribution is -2.31. The number of hydrazine groups is 1. The summed E-state index contributed by atoms with van der Waals surface area (Å²) < 4.78 is 0. The second-order valence-electron chi connectivity index (χ2n) is 4.88. The average Bonchev–Trinajstić information content (AvgIpc) is 3.03. The maximum atomic E-state index is 11.7. The number of aromatic nitrogens is 3. The fourth-order valence-corrected chi connectivity index (χ4v) is 2.65. The Morgan fingerprint density at radius 3 is 3.00 bits per heavy atom. The zero-order valence-electron chi connectivity index (χ0n) is 10.8. The predicted molar refractivity (Wildman–Crippen MR) is 76.0 cm³/mol. The van der Waals surface area contributed by atoms with E-state index in [1.165, 1.54) is 6.33 Å². The molecule has 0 atom stereocenters. The van der Waals surface area contributed by atoms with Crippen molar-refractivity contribution in [3.63, 3.8) is 0 Å². The zero-order chi connectivity index (χ0) is 13.5. The van der Waals surface area contributed by atoms with Gasteiger partial charge in [0, 0.05) is 23.9 Å². The number of rotatable bonds is 2. The van der Waals surface area contributed by atoms with Crippen LogP contribution in [0.25, 0.3) is 21.9 Å². The van der Waals surface area contributed by atoms with Crippen LogP contribution in [0.3, 0.4) is 0 Å². The number of H-pyrrole nitrogens is 1. The Kier molecular flexibility index (Phi) is 2.35. The highest BCUT2D eigenvalue weighted by molar-refractivity contribution is 6.11. The van der Waals surface area contributed by atoms with E-state index in [0.717, 1.165) is 28.4 Å². The minimum absolute atomic E-state index is 0.108. The molecular formula is C14H13N5O. The van der Waals surface area contributed by atoms with Crippen LogP contribution in [0.4, 0.5) is 5.82 Å². The first-order valence-electron chi connectivity index (χ1n) is 6.61. The monoisotopic (exact) mass is 267 g/mol. The molecule has 1 aliphatic rings. The normalized spacial score (nSPS) is 15.4. The smallest absolute Gasteiger partial charge is 0.241 e. The summed E-state index contributed by atoms with van der Waals surface area (Å²) in [5.74, 6) is 0.777. The van der Waals surface area contributed by atoms with E-state index >= 15 is 0 Å². The van der Waals surface area contributed by atoms with Crippen LogP contribution in [-0.4, -0.2) is 32.4 Å². The van der Waals surface area contributed by atoms with Gasteiger partial charge in [0.2, 0.25) is 5.91 Å². The maximum absolute atomic E-state index is 11.7. The third-order valence-corrected chi connectivity index (χ3v) is 3.61. The molecule has 0 saturated carbocycles. The summed E-state index contributed by atoms with van der Waals surface area (Å²) in [5.41, 5.74) is 4.91. The Balaban J connectivity index is 1.88.